The third kappa shape index (κ3) is 5.55. The number of aromatic nitrogens is 2. The summed E-state index contributed by atoms with van der Waals surface area (Å²) in [5.74, 6) is 1.09. The van der Waals surface area contributed by atoms with Crippen molar-refractivity contribution in [1.82, 2.24) is 14.9 Å². The van der Waals surface area contributed by atoms with E-state index in [1.807, 2.05) is 54.3 Å². The lowest BCUT2D eigenvalue weighted by Crippen LogP contribution is -2.31. The number of H-pyrrole nitrogens is 1. The normalized spacial score (nSPS) is 14.3. The van der Waals surface area contributed by atoms with E-state index in [0.717, 1.165) is 73.3 Å². The summed E-state index contributed by atoms with van der Waals surface area (Å²) >= 11 is 0. The van der Waals surface area contributed by atoms with Gasteiger partial charge in [0.2, 0.25) is 5.91 Å². The molecule has 0 spiro atoms. The summed E-state index contributed by atoms with van der Waals surface area (Å²) in [6, 6.07) is 13.8. The van der Waals surface area contributed by atoms with Gasteiger partial charge in [0.15, 0.2) is 0 Å². The van der Waals surface area contributed by atoms with Gasteiger partial charge >= 0.3 is 0 Å². The number of hydrogen-bond acceptors (Lipinski definition) is 3. The Balaban J connectivity index is 1.38. The van der Waals surface area contributed by atoms with Crippen molar-refractivity contribution in [3.8, 4) is 0 Å². The Kier molecular flexibility index (Phi) is 7.20. The first-order valence-electron chi connectivity index (χ1n) is 11.8. The van der Waals surface area contributed by atoms with Crippen molar-refractivity contribution in [1.29, 1.82) is 0 Å². The Morgan fingerprint density at radius 3 is 2.47 bits per heavy atom. The van der Waals surface area contributed by atoms with Crippen LogP contribution in [0.3, 0.4) is 0 Å². The van der Waals surface area contributed by atoms with Gasteiger partial charge in [0, 0.05) is 37.2 Å². The smallest absolute Gasteiger partial charge is 0.253 e. The summed E-state index contributed by atoms with van der Waals surface area (Å²) in [7, 11) is 0. The lowest BCUT2D eigenvalue weighted by Gasteiger charge is -2.20. The molecular formula is C26H32N4O2. The topological polar surface area (TPSA) is 78.1 Å². The Morgan fingerprint density at radius 1 is 1.00 bits per heavy atom. The number of carbonyl (C=O) groups excluding carboxylic acids is 2. The summed E-state index contributed by atoms with van der Waals surface area (Å²) in [5, 5.41) is 2.91. The van der Waals surface area contributed by atoms with Crippen LogP contribution in [0, 0.1) is 0 Å². The number of carbonyl (C=O) groups is 2. The molecule has 6 heteroatoms. The second kappa shape index (κ2) is 10.4. The molecule has 168 valence electrons. The van der Waals surface area contributed by atoms with Crippen molar-refractivity contribution in [2.24, 2.45) is 0 Å². The zero-order chi connectivity index (χ0) is 22.3. The molecule has 6 nitrogen and oxygen atoms in total. The molecule has 0 saturated carbocycles. The molecule has 1 aliphatic rings. The minimum absolute atomic E-state index is 0.0521. The molecule has 2 aromatic carbocycles. The largest absolute Gasteiger partial charge is 0.342 e. The first kappa shape index (κ1) is 22.1. The Bertz CT molecular complexity index is 1060. The fourth-order valence-corrected chi connectivity index (χ4v) is 4.24. The van der Waals surface area contributed by atoms with Gasteiger partial charge in [-0.1, -0.05) is 31.9 Å². The van der Waals surface area contributed by atoms with Crippen molar-refractivity contribution < 1.29 is 9.59 Å². The fourth-order valence-electron chi connectivity index (χ4n) is 4.24. The highest BCUT2D eigenvalue weighted by molar-refractivity contribution is 5.97. The number of imidazole rings is 1. The van der Waals surface area contributed by atoms with Crippen LogP contribution in [0.15, 0.2) is 42.5 Å². The van der Waals surface area contributed by atoms with Crippen molar-refractivity contribution in [2.75, 3.05) is 18.4 Å². The zero-order valence-electron chi connectivity index (χ0n) is 18.8. The van der Waals surface area contributed by atoms with E-state index < -0.39 is 0 Å². The van der Waals surface area contributed by atoms with E-state index in [2.05, 4.69) is 10.3 Å². The maximum Gasteiger partial charge on any atom is 0.253 e. The maximum atomic E-state index is 12.9. The molecule has 4 rings (SSSR count). The highest BCUT2D eigenvalue weighted by Gasteiger charge is 2.18. The first-order chi connectivity index (χ1) is 15.6. The number of aromatic amines is 1. The highest BCUT2D eigenvalue weighted by atomic mass is 16.2. The van der Waals surface area contributed by atoms with Crippen molar-refractivity contribution in [3.63, 3.8) is 0 Å². The lowest BCUT2D eigenvalue weighted by atomic mass is 10.1. The maximum absolute atomic E-state index is 12.9. The van der Waals surface area contributed by atoms with E-state index in [9.17, 15) is 9.59 Å². The summed E-state index contributed by atoms with van der Waals surface area (Å²) in [6.45, 7) is 3.70. The van der Waals surface area contributed by atoms with Gasteiger partial charge in [-0.2, -0.15) is 0 Å². The van der Waals surface area contributed by atoms with Gasteiger partial charge in [-0.3, -0.25) is 9.59 Å². The van der Waals surface area contributed by atoms with E-state index in [1.54, 1.807) is 0 Å². The number of amides is 2. The molecule has 0 atom stereocenters. The molecule has 2 N–H and O–H groups in total. The average Bonchev–Trinajstić information content (AvgIpc) is 3.01. The standard InChI is InChI=1S/C26H32N4O2/c1-2-7-25(31)27-21-12-8-19(9-13-21)10-15-24-28-22-14-11-20(18-23(22)29-24)26(32)30-16-5-3-4-6-17-30/h8-9,11-14,18H,2-7,10,15-17H2,1H3,(H,27,31)(H,28,29). The van der Waals surface area contributed by atoms with Gasteiger partial charge in [-0.25, -0.2) is 4.98 Å². The third-order valence-corrected chi connectivity index (χ3v) is 6.04. The molecule has 3 aromatic rings. The van der Waals surface area contributed by atoms with Gasteiger partial charge in [0.1, 0.15) is 5.82 Å². The number of likely N-dealkylation sites (tertiary alicyclic amines) is 1. The summed E-state index contributed by atoms with van der Waals surface area (Å²) in [6.07, 6.45) is 7.62. The molecular weight excluding hydrogens is 400 g/mol. The van der Waals surface area contributed by atoms with Gasteiger partial charge in [0.05, 0.1) is 11.0 Å². The van der Waals surface area contributed by atoms with Crippen LogP contribution >= 0.6 is 0 Å². The van der Waals surface area contributed by atoms with Crippen LogP contribution in [0.25, 0.3) is 11.0 Å². The molecule has 2 heterocycles. The van der Waals surface area contributed by atoms with Gasteiger partial charge < -0.3 is 15.2 Å². The number of fused-ring (bicyclic) bond motifs is 1. The Hall–Kier alpha value is -3.15. The summed E-state index contributed by atoms with van der Waals surface area (Å²) < 4.78 is 0. The monoisotopic (exact) mass is 432 g/mol. The molecule has 0 aliphatic carbocycles. The number of hydrogen-bond donors (Lipinski definition) is 2. The average molecular weight is 433 g/mol. The van der Waals surface area contributed by atoms with Crippen LogP contribution in [0.4, 0.5) is 5.69 Å². The van der Waals surface area contributed by atoms with E-state index >= 15 is 0 Å². The molecule has 0 unspecified atom stereocenters. The second-order valence-electron chi connectivity index (χ2n) is 8.62. The fraction of sp³-hybridized carbons (Fsp3) is 0.423. The number of anilines is 1. The van der Waals surface area contributed by atoms with Gasteiger partial charge in [0.25, 0.3) is 5.91 Å². The highest BCUT2D eigenvalue weighted by Crippen LogP contribution is 2.19. The number of nitrogens with one attached hydrogen (secondary N) is 2. The molecule has 32 heavy (non-hydrogen) atoms. The number of rotatable bonds is 7. The molecule has 0 bridgehead atoms. The van der Waals surface area contributed by atoms with Crippen LogP contribution in [-0.4, -0.2) is 39.8 Å². The van der Waals surface area contributed by atoms with E-state index in [0.29, 0.717) is 6.42 Å². The van der Waals surface area contributed by atoms with Crippen LogP contribution in [0.5, 0.6) is 0 Å². The zero-order valence-corrected chi connectivity index (χ0v) is 18.8. The van der Waals surface area contributed by atoms with Crippen LogP contribution in [-0.2, 0) is 17.6 Å². The molecule has 1 fully saturated rings. The van der Waals surface area contributed by atoms with Gasteiger partial charge in [-0.05, 0) is 61.6 Å². The lowest BCUT2D eigenvalue weighted by molar-refractivity contribution is -0.116. The van der Waals surface area contributed by atoms with Crippen LogP contribution in [0.2, 0.25) is 0 Å². The van der Waals surface area contributed by atoms with Crippen molar-refractivity contribution in [2.45, 2.75) is 58.3 Å². The van der Waals surface area contributed by atoms with Gasteiger partial charge in [-0.15, -0.1) is 0 Å². The van der Waals surface area contributed by atoms with E-state index in [-0.39, 0.29) is 11.8 Å². The van der Waals surface area contributed by atoms with E-state index in [4.69, 9.17) is 4.98 Å². The second-order valence-corrected chi connectivity index (χ2v) is 8.62. The molecule has 1 saturated heterocycles. The van der Waals surface area contributed by atoms with Crippen molar-refractivity contribution in [3.05, 3.63) is 59.4 Å². The first-order valence-corrected chi connectivity index (χ1v) is 11.8. The third-order valence-electron chi connectivity index (χ3n) is 6.04. The van der Waals surface area contributed by atoms with Crippen LogP contribution < -0.4 is 5.32 Å². The summed E-state index contributed by atoms with van der Waals surface area (Å²) in [5.41, 5.74) is 4.56. The molecule has 0 radical (unpaired) electrons. The molecule has 1 aromatic heterocycles. The minimum atomic E-state index is 0.0521. The number of nitrogens with zero attached hydrogens (tertiary/aromatic N) is 2. The Morgan fingerprint density at radius 2 is 1.75 bits per heavy atom. The minimum Gasteiger partial charge on any atom is -0.342 e. The number of aryl methyl sites for hydroxylation is 2. The quantitative estimate of drug-likeness (QED) is 0.545. The van der Waals surface area contributed by atoms with E-state index in [1.165, 1.54) is 18.4 Å². The molecule has 1 aliphatic heterocycles. The SMILES string of the molecule is CCCC(=O)Nc1ccc(CCc2nc3ccc(C(=O)N4CCCCCC4)cc3[nH]2)cc1. The summed E-state index contributed by atoms with van der Waals surface area (Å²) in [4.78, 5) is 34.7. The molecule has 2 amide bonds. The number of benzene rings is 2. The Labute approximate surface area is 189 Å². The van der Waals surface area contributed by atoms with Crippen molar-refractivity contribution >= 4 is 28.5 Å². The predicted molar refractivity (Wildman–Crippen MR) is 128 cm³/mol. The van der Waals surface area contributed by atoms with Crippen LogP contribution in [0.1, 0.15) is 67.2 Å². The predicted octanol–water partition coefficient (Wildman–Crippen LogP) is 5.10.